The maximum absolute atomic E-state index is 5.35. The minimum Gasteiger partial charge on any atom is -0.225 e. The lowest BCUT2D eigenvalue weighted by Gasteiger charge is -2.39. The number of nitrogens with zero attached hydrogens (tertiary/aromatic N) is 3. The van der Waals surface area contributed by atoms with Gasteiger partial charge in [-0.3, -0.25) is 0 Å². The number of rotatable bonds is 15. The van der Waals surface area contributed by atoms with Crippen LogP contribution in [0.5, 0.6) is 0 Å². The number of benzene rings is 14. The first-order valence-corrected chi connectivity index (χ1v) is 34.3. The first kappa shape index (κ1) is 62.6. The number of aromatic nitrogens is 3. The van der Waals surface area contributed by atoms with Crippen LogP contribution in [0, 0.1) is 0 Å². The van der Waals surface area contributed by atoms with Gasteiger partial charge in [-0.2, -0.15) is 0 Å². The van der Waals surface area contributed by atoms with Gasteiger partial charge in [0, 0.05) is 5.57 Å². The van der Waals surface area contributed by atoms with Gasteiger partial charge in [-0.1, -0.05) is 280 Å². The van der Waals surface area contributed by atoms with Crippen LogP contribution in [0.4, 0.5) is 0 Å². The van der Waals surface area contributed by atoms with Crippen molar-refractivity contribution in [3.63, 3.8) is 0 Å². The molecule has 0 fully saturated rings. The van der Waals surface area contributed by atoms with Crippen LogP contribution in [-0.4, -0.2) is 15.0 Å². The SMILES string of the molecule is C=C1\C=C/C=C\C(c2ncncn2)=C/C(=C)C1(c1cc(-c2cc(-c3ccccc3)cc(-c3ccccc3)c2)cc(-c2cc(-c3ccccc3)cc(-c3ccccc3)c2)c1)c1cc(-c2cc(-c3ccccc3)cc(-c3ccccc3)c2)cc(-c2cc(-c3ccccc3)cc(-c3ccccc3)c2)c1. The standard InChI is InChI=1S/C98H69N3/c1-68-29-27-28-46-78(97-100-66-99-67-101-97)47-69(2)98(68,95-62-91(87-52-79(70-30-11-3-12-31-70)48-80(53-87)71-32-13-4-14-33-71)60-92(63-95)88-54-81(72-34-15-5-16-35-72)49-82(55-88)73-36-17-6-18-37-73)96-64-93(89-56-83(74-38-19-7-20-39-74)50-84(57-89)75-40-21-8-22-41-75)61-94(65-96)90-58-85(76-42-23-9-24-43-76)51-86(59-90)77-44-25-10-26-45-77/h3-67H,1-2H2/b29-27-,46-28-,78-47+. The van der Waals surface area contributed by atoms with Crippen LogP contribution in [0.25, 0.3) is 139 Å². The average Bonchev–Trinajstić information content (AvgIpc) is 1.28. The smallest absolute Gasteiger partial charge is 0.162 e. The van der Waals surface area contributed by atoms with E-state index in [1.807, 2.05) is 0 Å². The summed E-state index contributed by atoms with van der Waals surface area (Å²) in [6, 6.07) is 128. The van der Waals surface area contributed by atoms with Gasteiger partial charge in [-0.15, -0.1) is 0 Å². The van der Waals surface area contributed by atoms with Gasteiger partial charge in [0.2, 0.25) is 0 Å². The molecule has 0 saturated carbocycles. The predicted octanol–water partition coefficient (Wildman–Crippen LogP) is 25.5. The molecule has 476 valence electrons. The normalized spacial score (nSPS) is 13.8. The molecule has 16 rings (SSSR count). The molecule has 101 heavy (non-hydrogen) atoms. The van der Waals surface area contributed by atoms with Crippen molar-refractivity contribution in [3.05, 3.63) is 436 Å². The van der Waals surface area contributed by atoms with Crippen LogP contribution >= 0.6 is 0 Å². The Hall–Kier alpha value is -13.2. The summed E-state index contributed by atoms with van der Waals surface area (Å²) in [5, 5.41) is 0. The van der Waals surface area contributed by atoms with Gasteiger partial charge in [-0.25, -0.2) is 15.0 Å². The molecule has 3 heteroatoms. The summed E-state index contributed by atoms with van der Waals surface area (Å²) in [6.45, 7) is 10.7. The van der Waals surface area contributed by atoms with Gasteiger partial charge in [0.15, 0.2) is 5.82 Å². The van der Waals surface area contributed by atoms with E-state index < -0.39 is 5.41 Å². The zero-order chi connectivity index (χ0) is 67.9. The lowest BCUT2D eigenvalue weighted by atomic mass is 9.63. The number of hydrogen-bond acceptors (Lipinski definition) is 3. The highest BCUT2D eigenvalue weighted by Crippen LogP contribution is 2.52. The summed E-state index contributed by atoms with van der Waals surface area (Å²) in [7, 11) is 0. The molecule has 0 spiro atoms. The van der Waals surface area contributed by atoms with E-state index in [-0.39, 0.29) is 0 Å². The maximum Gasteiger partial charge on any atom is 0.162 e. The van der Waals surface area contributed by atoms with Crippen molar-refractivity contribution < 1.29 is 0 Å². The van der Waals surface area contributed by atoms with Crippen LogP contribution in [0.15, 0.2) is 419 Å². The van der Waals surface area contributed by atoms with E-state index in [2.05, 4.69) is 387 Å². The van der Waals surface area contributed by atoms with Crippen molar-refractivity contribution in [3.8, 4) is 134 Å². The third-order valence-corrected chi connectivity index (χ3v) is 19.4. The zero-order valence-corrected chi connectivity index (χ0v) is 55.8. The molecule has 0 saturated heterocycles. The van der Waals surface area contributed by atoms with Gasteiger partial charge >= 0.3 is 0 Å². The molecule has 0 atom stereocenters. The molecule has 3 nitrogen and oxygen atoms in total. The third-order valence-electron chi connectivity index (χ3n) is 19.4. The second kappa shape index (κ2) is 28.1. The fraction of sp³-hybridized carbons (Fsp3) is 0.0102. The second-order valence-electron chi connectivity index (χ2n) is 25.8. The van der Waals surface area contributed by atoms with E-state index in [0.29, 0.717) is 5.82 Å². The van der Waals surface area contributed by atoms with E-state index in [0.717, 1.165) is 161 Å². The van der Waals surface area contributed by atoms with Gasteiger partial charge in [0.05, 0.1) is 5.41 Å². The Kier molecular flexibility index (Phi) is 17.4. The summed E-state index contributed by atoms with van der Waals surface area (Å²) < 4.78 is 0. The van der Waals surface area contributed by atoms with Crippen LogP contribution in [0.2, 0.25) is 0 Å². The fourth-order valence-corrected chi connectivity index (χ4v) is 14.4. The molecule has 1 heterocycles. The largest absolute Gasteiger partial charge is 0.225 e. The van der Waals surface area contributed by atoms with Gasteiger partial charge in [0.1, 0.15) is 12.7 Å². The van der Waals surface area contributed by atoms with Crippen molar-refractivity contribution in [1.29, 1.82) is 0 Å². The second-order valence-corrected chi connectivity index (χ2v) is 25.8. The Bertz CT molecular complexity index is 4790. The van der Waals surface area contributed by atoms with Gasteiger partial charge in [0.25, 0.3) is 0 Å². The molecule has 0 unspecified atom stereocenters. The zero-order valence-electron chi connectivity index (χ0n) is 55.8. The van der Waals surface area contributed by atoms with E-state index in [4.69, 9.17) is 23.1 Å². The van der Waals surface area contributed by atoms with Crippen molar-refractivity contribution in [1.82, 2.24) is 15.0 Å². The minimum absolute atomic E-state index is 0.519. The monoisotopic (exact) mass is 1290 g/mol. The van der Waals surface area contributed by atoms with Crippen LogP contribution in [-0.2, 0) is 5.41 Å². The first-order valence-electron chi connectivity index (χ1n) is 34.3. The Morgan fingerprint density at radius 3 is 0.634 bits per heavy atom. The Labute approximate surface area is 591 Å². The quantitative estimate of drug-likeness (QED) is 0.103. The topological polar surface area (TPSA) is 38.7 Å². The van der Waals surface area contributed by atoms with Crippen molar-refractivity contribution in [2.24, 2.45) is 0 Å². The molecule has 0 radical (unpaired) electrons. The first-order chi connectivity index (χ1) is 49.8. The van der Waals surface area contributed by atoms with Crippen LogP contribution < -0.4 is 0 Å². The molecule has 1 aromatic heterocycles. The summed E-state index contributed by atoms with van der Waals surface area (Å²) >= 11 is 0. The number of hydrogen-bond donors (Lipinski definition) is 0. The van der Waals surface area contributed by atoms with E-state index in [9.17, 15) is 0 Å². The van der Waals surface area contributed by atoms with Crippen LogP contribution in [0.3, 0.4) is 0 Å². The third kappa shape index (κ3) is 13.2. The predicted molar refractivity (Wildman–Crippen MR) is 423 cm³/mol. The minimum atomic E-state index is -1.24. The molecule has 0 bridgehead atoms. The summed E-state index contributed by atoms with van der Waals surface area (Å²) in [6.07, 6.45) is 13.7. The molecule has 0 amide bonds. The van der Waals surface area contributed by atoms with Gasteiger partial charge in [-0.05, 0) is 271 Å². The Morgan fingerprint density at radius 1 is 0.208 bits per heavy atom. The fourth-order valence-electron chi connectivity index (χ4n) is 14.4. The lowest BCUT2D eigenvalue weighted by Crippen LogP contribution is -2.31. The molecule has 0 aliphatic heterocycles. The highest BCUT2D eigenvalue weighted by atomic mass is 15.0. The molecule has 0 N–H and O–H groups in total. The lowest BCUT2D eigenvalue weighted by molar-refractivity contribution is 0.750. The summed E-state index contributed by atoms with van der Waals surface area (Å²) in [4.78, 5) is 13.9. The number of allylic oxidation sites excluding steroid dienone is 8. The highest BCUT2D eigenvalue weighted by Gasteiger charge is 2.41. The van der Waals surface area contributed by atoms with Crippen LogP contribution in [0.1, 0.15) is 17.0 Å². The molecule has 14 aromatic carbocycles. The van der Waals surface area contributed by atoms with Crippen molar-refractivity contribution >= 4 is 5.57 Å². The summed E-state index contributed by atoms with van der Waals surface area (Å²) in [5.74, 6) is 0.519. The van der Waals surface area contributed by atoms with Gasteiger partial charge < -0.3 is 0 Å². The molecule has 15 aromatic rings. The van der Waals surface area contributed by atoms with E-state index >= 15 is 0 Å². The molecular formula is C98H69N3. The average molecular weight is 1290 g/mol. The Morgan fingerprint density at radius 2 is 0.406 bits per heavy atom. The molecule has 1 aliphatic rings. The van der Waals surface area contributed by atoms with Crippen molar-refractivity contribution in [2.45, 2.75) is 5.41 Å². The highest BCUT2D eigenvalue weighted by molar-refractivity contribution is 5.91. The molecule has 1 aliphatic carbocycles. The van der Waals surface area contributed by atoms with E-state index in [1.165, 1.54) is 0 Å². The molecular weight excluding hydrogens is 1220 g/mol. The summed E-state index contributed by atoms with van der Waals surface area (Å²) in [5.41, 5.74) is 29.1. The maximum atomic E-state index is 5.35. The van der Waals surface area contributed by atoms with Crippen molar-refractivity contribution in [2.75, 3.05) is 0 Å². The Balaban J connectivity index is 1.05. The van der Waals surface area contributed by atoms with E-state index in [1.54, 1.807) is 12.7 Å².